The van der Waals surface area contributed by atoms with Crippen molar-refractivity contribution >= 4 is 16.8 Å². The first kappa shape index (κ1) is 14.1. The van der Waals surface area contributed by atoms with E-state index in [0.29, 0.717) is 5.56 Å². The summed E-state index contributed by atoms with van der Waals surface area (Å²) >= 11 is 0. The van der Waals surface area contributed by atoms with Crippen LogP contribution in [0.15, 0.2) is 54.7 Å². The third-order valence-corrected chi connectivity index (χ3v) is 3.31. The van der Waals surface area contributed by atoms with E-state index in [-0.39, 0.29) is 18.0 Å². The molecule has 3 aromatic rings. The Balaban J connectivity index is 1.77. The van der Waals surface area contributed by atoms with Gasteiger partial charge in [-0.05, 0) is 42.5 Å². The van der Waals surface area contributed by atoms with E-state index in [2.05, 4.69) is 10.3 Å². The van der Waals surface area contributed by atoms with Gasteiger partial charge in [0.25, 0.3) is 5.91 Å². The summed E-state index contributed by atoms with van der Waals surface area (Å²) in [6, 6.07) is 11.9. The summed E-state index contributed by atoms with van der Waals surface area (Å²) in [6.07, 6.45) is 1.68. The molecule has 1 N–H and O–H groups in total. The smallest absolute Gasteiger partial charge is 0.251 e. The fourth-order valence-corrected chi connectivity index (χ4v) is 2.17. The maximum atomic E-state index is 13.5. The molecule has 5 heteroatoms. The molecule has 22 heavy (non-hydrogen) atoms. The lowest BCUT2D eigenvalue weighted by Crippen LogP contribution is -2.23. The Morgan fingerprint density at radius 1 is 1.09 bits per heavy atom. The molecule has 1 aromatic heterocycles. The number of nitrogens with zero attached hydrogens (tertiary/aromatic N) is 1. The summed E-state index contributed by atoms with van der Waals surface area (Å²) in [7, 11) is 0. The third kappa shape index (κ3) is 2.93. The van der Waals surface area contributed by atoms with Crippen molar-refractivity contribution < 1.29 is 13.6 Å². The Bertz CT molecular complexity index is 849. The summed E-state index contributed by atoms with van der Waals surface area (Å²) < 4.78 is 26.6. The average molecular weight is 298 g/mol. The summed E-state index contributed by atoms with van der Waals surface area (Å²) in [5.74, 6) is -1.44. The number of aromatic nitrogens is 1. The van der Waals surface area contributed by atoms with Gasteiger partial charge in [-0.15, -0.1) is 0 Å². The van der Waals surface area contributed by atoms with Crippen LogP contribution in [0.3, 0.4) is 0 Å². The molecule has 0 aliphatic carbocycles. The SMILES string of the molecule is O=C(NCc1cc(F)ccc1F)c1ccc2ncccc2c1. The second kappa shape index (κ2) is 5.89. The van der Waals surface area contributed by atoms with Gasteiger partial charge in [-0.1, -0.05) is 6.07 Å². The van der Waals surface area contributed by atoms with E-state index in [0.717, 1.165) is 29.1 Å². The van der Waals surface area contributed by atoms with Crippen LogP contribution >= 0.6 is 0 Å². The Kier molecular flexibility index (Phi) is 3.78. The lowest BCUT2D eigenvalue weighted by Gasteiger charge is -2.07. The second-order valence-corrected chi connectivity index (χ2v) is 4.83. The Morgan fingerprint density at radius 2 is 1.95 bits per heavy atom. The number of rotatable bonds is 3. The van der Waals surface area contributed by atoms with E-state index in [4.69, 9.17) is 0 Å². The molecule has 3 nitrogen and oxygen atoms in total. The lowest BCUT2D eigenvalue weighted by atomic mass is 10.1. The predicted molar refractivity (Wildman–Crippen MR) is 79.3 cm³/mol. The van der Waals surface area contributed by atoms with Crippen molar-refractivity contribution in [1.82, 2.24) is 10.3 Å². The quantitative estimate of drug-likeness (QED) is 0.805. The molecule has 0 saturated heterocycles. The second-order valence-electron chi connectivity index (χ2n) is 4.83. The molecule has 2 aromatic carbocycles. The first-order valence-electron chi connectivity index (χ1n) is 6.70. The summed E-state index contributed by atoms with van der Waals surface area (Å²) in [5.41, 5.74) is 1.34. The van der Waals surface area contributed by atoms with Crippen LogP contribution in [0.25, 0.3) is 10.9 Å². The van der Waals surface area contributed by atoms with Gasteiger partial charge in [-0.2, -0.15) is 0 Å². The molecule has 0 atom stereocenters. The van der Waals surface area contributed by atoms with Crippen molar-refractivity contribution in [2.75, 3.05) is 0 Å². The Labute approximate surface area is 125 Å². The minimum absolute atomic E-state index is 0.0759. The van der Waals surface area contributed by atoms with Gasteiger partial charge in [-0.3, -0.25) is 9.78 Å². The van der Waals surface area contributed by atoms with Crippen molar-refractivity contribution in [2.45, 2.75) is 6.54 Å². The van der Waals surface area contributed by atoms with Gasteiger partial charge < -0.3 is 5.32 Å². The fraction of sp³-hybridized carbons (Fsp3) is 0.0588. The van der Waals surface area contributed by atoms with Crippen LogP contribution < -0.4 is 5.32 Å². The Hall–Kier alpha value is -2.82. The van der Waals surface area contributed by atoms with E-state index >= 15 is 0 Å². The van der Waals surface area contributed by atoms with Crippen LogP contribution in [0, 0.1) is 11.6 Å². The predicted octanol–water partition coefficient (Wildman–Crippen LogP) is 3.44. The van der Waals surface area contributed by atoms with Gasteiger partial charge in [0.05, 0.1) is 5.52 Å². The van der Waals surface area contributed by atoms with Crippen molar-refractivity contribution in [2.24, 2.45) is 0 Å². The van der Waals surface area contributed by atoms with Gasteiger partial charge in [0.2, 0.25) is 0 Å². The van der Waals surface area contributed by atoms with Crippen LogP contribution in [-0.4, -0.2) is 10.9 Å². The molecule has 0 unspecified atom stereocenters. The van der Waals surface area contributed by atoms with Gasteiger partial charge in [0.1, 0.15) is 11.6 Å². The first-order chi connectivity index (χ1) is 10.6. The molecule has 3 rings (SSSR count). The number of amides is 1. The maximum absolute atomic E-state index is 13.5. The number of halogens is 2. The molecule has 110 valence electrons. The highest BCUT2D eigenvalue weighted by molar-refractivity contribution is 5.97. The van der Waals surface area contributed by atoms with Crippen LogP contribution in [0.4, 0.5) is 8.78 Å². The number of hydrogen-bond acceptors (Lipinski definition) is 2. The van der Waals surface area contributed by atoms with Crippen LogP contribution in [0.1, 0.15) is 15.9 Å². The largest absolute Gasteiger partial charge is 0.348 e. The number of pyridine rings is 1. The molecule has 0 fully saturated rings. The summed E-state index contributed by atoms with van der Waals surface area (Å²) in [5, 5.41) is 3.42. The number of benzene rings is 2. The minimum Gasteiger partial charge on any atom is -0.348 e. The van der Waals surface area contributed by atoms with E-state index in [9.17, 15) is 13.6 Å². The number of carbonyl (C=O) groups excluding carboxylic acids is 1. The highest BCUT2D eigenvalue weighted by Gasteiger charge is 2.09. The fourth-order valence-electron chi connectivity index (χ4n) is 2.17. The zero-order valence-corrected chi connectivity index (χ0v) is 11.5. The van der Waals surface area contributed by atoms with E-state index < -0.39 is 11.6 Å². The number of carbonyl (C=O) groups is 1. The summed E-state index contributed by atoms with van der Waals surface area (Å²) in [4.78, 5) is 16.3. The van der Waals surface area contributed by atoms with Crippen LogP contribution in [-0.2, 0) is 6.54 Å². The number of fused-ring (bicyclic) bond motifs is 1. The van der Waals surface area contributed by atoms with Crippen LogP contribution in [0.5, 0.6) is 0 Å². The molecule has 0 saturated carbocycles. The van der Waals surface area contributed by atoms with Crippen LogP contribution in [0.2, 0.25) is 0 Å². The summed E-state index contributed by atoms with van der Waals surface area (Å²) in [6.45, 7) is -0.0759. The monoisotopic (exact) mass is 298 g/mol. The van der Waals surface area contributed by atoms with Gasteiger partial charge >= 0.3 is 0 Å². The molecule has 0 radical (unpaired) electrons. The topological polar surface area (TPSA) is 42.0 Å². The molecular weight excluding hydrogens is 286 g/mol. The highest BCUT2D eigenvalue weighted by atomic mass is 19.1. The molecular formula is C17H12F2N2O. The average Bonchev–Trinajstić information content (AvgIpc) is 2.55. The lowest BCUT2D eigenvalue weighted by molar-refractivity contribution is 0.0950. The number of hydrogen-bond donors (Lipinski definition) is 1. The molecule has 0 spiro atoms. The number of nitrogens with one attached hydrogen (secondary N) is 1. The van der Waals surface area contributed by atoms with E-state index in [1.54, 1.807) is 30.5 Å². The van der Waals surface area contributed by atoms with Gasteiger partial charge in [0, 0.05) is 29.3 Å². The zero-order valence-electron chi connectivity index (χ0n) is 11.5. The van der Waals surface area contributed by atoms with Gasteiger partial charge in [-0.25, -0.2) is 8.78 Å². The zero-order chi connectivity index (χ0) is 15.5. The molecule has 0 aliphatic heterocycles. The van der Waals surface area contributed by atoms with E-state index in [1.807, 2.05) is 6.07 Å². The minimum atomic E-state index is -0.551. The molecule has 1 heterocycles. The first-order valence-corrected chi connectivity index (χ1v) is 6.70. The van der Waals surface area contributed by atoms with E-state index in [1.165, 1.54) is 0 Å². The van der Waals surface area contributed by atoms with Crippen molar-refractivity contribution in [3.05, 3.63) is 77.5 Å². The molecule has 0 bridgehead atoms. The normalized spacial score (nSPS) is 10.6. The van der Waals surface area contributed by atoms with Gasteiger partial charge in [0.15, 0.2) is 0 Å². The maximum Gasteiger partial charge on any atom is 0.251 e. The van der Waals surface area contributed by atoms with Crippen molar-refractivity contribution in [3.8, 4) is 0 Å². The molecule has 0 aliphatic rings. The Morgan fingerprint density at radius 3 is 2.82 bits per heavy atom. The highest BCUT2D eigenvalue weighted by Crippen LogP contribution is 2.14. The molecule has 1 amide bonds. The van der Waals surface area contributed by atoms with Crippen molar-refractivity contribution in [1.29, 1.82) is 0 Å². The third-order valence-electron chi connectivity index (χ3n) is 3.31. The van der Waals surface area contributed by atoms with Crippen molar-refractivity contribution in [3.63, 3.8) is 0 Å². The standard InChI is InChI=1S/C17H12F2N2O/c18-14-4-5-15(19)13(9-14)10-21-17(22)12-3-6-16-11(8-12)2-1-7-20-16/h1-9H,10H2,(H,21,22).